The van der Waals surface area contributed by atoms with Crippen LogP contribution in [-0.2, 0) is 20.0 Å². The molecule has 0 bridgehead atoms. The summed E-state index contributed by atoms with van der Waals surface area (Å²) in [5.41, 5.74) is -4.00. The second kappa shape index (κ2) is 7.58. The van der Waals surface area contributed by atoms with Crippen molar-refractivity contribution >= 4 is 43.2 Å². The van der Waals surface area contributed by atoms with Gasteiger partial charge in [-0.2, -0.15) is 13.2 Å². The molecule has 0 radical (unpaired) electrons. The Labute approximate surface area is 164 Å². The van der Waals surface area contributed by atoms with Crippen LogP contribution in [0.25, 0.3) is 0 Å². The molecule has 0 saturated carbocycles. The van der Waals surface area contributed by atoms with Gasteiger partial charge in [-0.3, -0.25) is 0 Å². The van der Waals surface area contributed by atoms with Crippen LogP contribution in [0.2, 0.25) is 0 Å². The highest BCUT2D eigenvalue weighted by molar-refractivity contribution is 8.05. The van der Waals surface area contributed by atoms with E-state index in [1.807, 2.05) is 53.4 Å². The van der Waals surface area contributed by atoms with Gasteiger partial charge >= 0.3 is 15.5 Å². The Hall–Kier alpha value is -1.76. The van der Waals surface area contributed by atoms with Crippen molar-refractivity contribution in [3.63, 3.8) is 0 Å². The van der Waals surface area contributed by atoms with Gasteiger partial charge in [0.15, 0.2) is 0 Å². The van der Waals surface area contributed by atoms with Crippen molar-refractivity contribution in [3.8, 4) is 0 Å². The summed E-state index contributed by atoms with van der Waals surface area (Å²) >= 11 is 1.56. The average molecular weight is 453 g/mol. The minimum atomic E-state index is -5.96. The van der Waals surface area contributed by atoms with E-state index in [0.717, 1.165) is 25.3 Å². The smallest absolute Gasteiger partial charge is 0.340 e. The van der Waals surface area contributed by atoms with Crippen LogP contribution in [0.3, 0.4) is 0 Å². The topological polar surface area (TPSA) is 83.6 Å². The standard InChI is InChI=1S/C16H15F3N2O4S3/c17-16(18,19)28(24,25)20-27(22,23)11-5-10-21-12-6-1-3-8-14(12)26-15-9-4-2-7-13(15)21/h1-4,6-9,20H,5,10-11H2. The van der Waals surface area contributed by atoms with Crippen molar-refractivity contribution in [2.75, 3.05) is 17.2 Å². The number of anilines is 2. The van der Waals surface area contributed by atoms with Crippen LogP contribution in [0.4, 0.5) is 24.5 Å². The fourth-order valence-electron chi connectivity index (χ4n) is 2.69. The molecule has 0 fully saturated rings. The molecular formula is C16H15F3N2O4S3. The third-order valence-corrected chi connectivity index (χ3v) is 8.33. The Balaban J connectivity index is 1.75. The maximum Gasteiger partial charge on any atom is 0.512 e. The lowest BCUT2D eigenvalue weighted by Crippen LogP contribution is -2.41. The normalized spacial score (nSPS) is 14.5. The summed E-state index contributed by atoms with van der Waals surface area (Å²) in [5.74, 6) is -0.768. The number of hydrogen-bond donors (Lipinski definition) is 1. The predicted molar refractivity (Wildman–Crippen MR) is 101 cm³/mol. The zero-order valence-electron chi connectivity index (χ0n) is 14.2. The third-order valence-electron chi connectivity index (χ3n) is 3.87. The SMILES string of the molecule is O=S(=O)(CCCN1c2ccccc2Sc2ccccc21)NS(=O)(=O)C(F)(F)F. The van der Waals surface area contributed by atoms with Crippen LogP contribution in [0.1, 0.15) is 6.42 Å². The summed E-state index contributed by atoms with van der Waals surface area (Å²) in [6, 6.07) is 14.9. The molecule has 3 rings (SSSR count). The summed E-state index contributed by atoms with van der Waals surface area (Å²) in [6.45, 7) is 0.182. The van der Waals surface area contributed by atoms with Gasteiger partial charge in [0.25, 0.3) is 0 Å². The Kier molecular flexibility index (Phi) is 5.67. The number of para-hydroxylation sites is 2. The van der Waals surface area contributed by atoms with Gasteiger partial charge in [-0.15, -0.1) is 4.13 Å². The first-order chi connectivity index (χ1) is 13.0. The van der Waals surface area contributed by atoms with Crippen LogP contribution in [0, 0.1) is 0 Å². The fourth-order valence-corrected chi connectivity index (χ4v) is 6.34. The molecule has 28 heavy (non-hydrogen) atoms. The lowest BCUT2D eigenvalue weighted by Gasteiger charge is -2.32. The van der Waals surface area contributed by atoms with E-state index < -0.39 is 31.3 Å². The second-order valence-electron chi connectivity index (χ2n) is 5.89. The highest BCUT2D eigenvalue weighted by Gasteiger charge is 2.48. The van der Waals surface area contributed by atoms with E-state index in [4.69, 9.17) is 0 Å². The van der Waals surface area contributed by atoms with Gasteiger partial charge in [0, 0.05) is 16.3 Å². The number of alkyl halides is 3. The molecule has 0 unspecified atom stereocenters. The molecule has 0 spiro atoms. The maximum absolute atomic E-state index is 12.4. The highest BCUT2D eigenvalue weighted by Crippen LogP contribution is 2.47. The maximum atomic E-state index is 12.4. The largest absolute Gasteiger partial charge is 0.512 e. The molecule has 6 nitrogen and oxygen atoms in total. The molecule has 0 atom stereocenters. The van der Waals surface area contributed by atoms with Crippen molar-refractivity contribution in [2.24, 2.45) is 0 Å². The first-order valence-electron chi connectivity index (χ1n) is 7.96. The summed E-state index contributed by atoms with van der Waals surface area (Å²) < 4.78 is 83.6. The molecule has 1 aliphatic heterocycles. The lowest BCUT2D eigenvalue weighted by atomic mass is 10.2. The molecule has 0 aliphatic carbocycles. The molecule has 1 heterocycles. The van der Waals surface area contributed by atoms with Crippen LogP contribution in [-0.4, -0.2) is 34.6 Å². The van der Waals surface area contributed by atoms with Gasteiger partial charge in [0.1, 0.15) is 0 Å². The summed E-state index contributed by atoms with van der Waals surface area (Å²) in [4.78, 5) is 3.79. The lowest BCUT2D eigenvalue weighted by molar-refractivity contribution is -0.0441. The number of sulfonamides is 2. The molecule has 1 aliphatic rings. The predicted octanol–water partition coefficient (Wildman–Crippen LogP) is 3.45. The Morgan fingerprint density at radius 3 is 1.89 bits per heavy atom. The van der Waals surface area contributed by atoms with Gasteiger partial charge in [-0.25, -0.2) is 16.8 Å². The Bertz CT molecular complexity index is 1040. The summed E-state index contributed by atoms with van der Waals surface area (Å²) in [5, 5.41) is 0. The van der Waals surface area contributed by atoms with E-state index in [1.165, 1.54) is 0 Å². The van der Waals surface area contributed by atoms with E-state index in [0.29, 0.717) is 0 Å². The first kappa shape index (κ1) is 21.0. The number of fused-ring (bicyclic) bond motifs is 2. The highest BCUT2D eigenvalue weighted by atomic mass is 32.3. The minimum absolute atomic E-state index is 0.0734. The number of hydrogen-bond acceptors (Lipinski definition) is 6. The van der Waals surface area contributed by atoms with Gasteiger partial charge in [0.2, 0.25) is 10.0 Å². The zero-order chi connectivity index (χ0) is 20.6. The number of nitrogens with zero attached hydrogens (tertiary/aromatic N) is 1. The molecular weight excluding hydrogens is 437 g/mol. The number of halogens is 3. The quantitative estimate of drug-likeness (QED) is 0.723. The zero-order valence-corrected chi connectivity index (χ0v) is 16.6. The van der Waals surface area contributed by atoms with Crippen LogP contribution < -0.4 is 9.03 Å². The summed E-state index contributed by atoms with van der Waals surface area (Å²) in [7, 11) is -10.6. The molecule has 2 aromatic rings. The average Bonchev–Trinajstić information content (AvgIpc) is 2.59. The van der Waals surface area contributed by atoms with Crippen molar-refractivity contribution in [1.82, 2.24) is 4.13 Å². The molecule has 2 aromatic carbocycles. The van der Waals surface area contributed by atoms with Crippen molar-refractivity contribution in [3.05, 3.63) is 48.5 Å². The molecule has 12 heteroatoms. The molecule has 0 amide bonds. The van der Waals surface area contributed by atoms with Crippen LogP contribution in [0.5, 0.6) is 0 Å². The van der Waals surface area contributed by atoms with Gasteiger partial charge in [-0.1, -0.05) is 36.0 Å². The molecule has 0 aromatic heterocycles. The van der Waals surface area contributed by atoms with E-state index in [9.17, 15) is 30.0 Å². The van der Waals surface area contributed by atoms with E-state index in [2.05, 4.69) is 0 Å². The monoisotopic (exact) mass is 452 g/mol. The summed E-state index contributed by atoms with van der Waals surface area (Å²) in [6.07, 6.45) is -0.0734. The van der Waals surface area contributed by atoms with Gasteiger partial charge < -0.3 is 4.90 Å². The van der Waals surface area contributed by atoms with Crippen LogP contribution >= 0.6 is 11.8 Å². The molecule has 152 valence electrons. The van der Waals surface area contributed by atoms with Crippen molar-refractivity contribution in [2.45, 2.75) is 21.7 Å². The molecule has 0 saturated heterocycles. The van der Waals surface area contributed by atoms with Crippen LogP contribution in [0.15, 0.2) is 58.3 Å². The molecule has 1 N–H and O–H groups in total. The number of rotatable bonds is 6. The minimum Gasteiger partial charge on any atom is -0.340 e. The van der Waals surface area contributed by atoms with Crippen molar-refractivity contribution in [1.29, 1.82) is 0 Å². The Morgan fingerprint density at radius 2 is 1.39 bits per heavy atom. The fraction of sp³-hybridized carbons (Fsp3) is 0.250. The van der Waals surface area contributed by atoms with Crippen molar-refractivity contribution < 1.29 is 30.0 Å². The number of benzene rings is 2. The van der Waals surface area contributed by atoms with E-state index >= 15 is 0 Å². The van der Waals surface area contributed by atoms with Gasteiger partial charge in [-0.05, 0) is 30.7 Å². The number of nitrogens with one attached hydrogen (secondary N) is 1. The Morgan fingerprint density at radius 1 is 0.893 bits per heavy atom. The first-order valence-corrected chi connectivity index (χ1v) is 11.9. The van der Waals surface area contributed by atoms with E-state index in [1.54, 1.807) is 11.8 Å². The van der Waals surface area contributed by atoms with E-state index in [-0.39, 0.29) is 13.0 Å². The third kappa shape index (κ3) is 4.45. The van der Waals surface area contributed by atoms with Gasteiger partial charge in [0.05, 0.1) is 17.1 Å². The second-order valence-corrected chi connectivity index (χ2v) is 10.8.